The standard InChI is InChI=1S/C36H35F2N3O4/c1-36(2,3)45-35(43)41-14-12-40(13-15-41)11-6-16-44-28-9-10-29-30(21-28)34(42)33(32(29)24-18-26(37)20-27(38)19-24)25-17-23-7-4-5-8-31(23)39-22-25/h4-5,7-10,17-22H,6,11-16H2,1-3H3. The summed E-state index contributed by atoms with van der Waals surface area (Å²) >= 11 is 0. The lowest BCUT2D eigenvalue weighted by molar-refractivity contribution is 0.0142. The molecule has 7 nitrogen and oxygen atoms in total. The van der Waals surface area contributed by atoms with Gasteiger partial charge in [0.15, 0.2) is 5.78 Å². The van der Waals surface area contributed by atoms with Gasteiger partial charge in [0.25, 0.3) is 0 Å². The summed E-state index contributed by atoms with van der Waals surface area (Å²) in [5.74, 6) is -1.16. The zero-order valence-electron chi connectivity index (χ0n) is 25.6. The third kappa shape index (κ3) is 6.73. The molecule has 1 saturated heterocycles. The molecule has 1 aliphatic heterocycles. The van der Waals surface area contributed by atoms with Gasteiger partial charge < -0.3 is 14.4 Å². The SMILES string of the molecule is CC(C)(C)OC(=O)N1CCN(CCCOc2ccc3c(c2)C(=O)C(c2cnc4ccccc4c2)=C3c2cc(F)cc(F)c2)CC1. The van der Waals surface area contributed by atoms with Crippen LogP contribution in [0.1, 0.15) is 54.2 Å². The predicted octanol–water partition coefficient (Wildman–Crippen LogP) is 6.99. The average Bonchev–Trinajstić information content (AvgIpc) is 3.29. The Hall–Kier alpha value is -4.63. The summed E-state index contributed by atoms with van der Waals surface area (Å²) in [4.78, 5) is 34.8. The number of amides is 1. The Morgan fingerprint density at radius 2 is 1.60 bits per heavy atom. The van der Waals surface area contributed by atoms with Crippen LogP contribution in [0.3, 0.4) is 0 Å². The highest BCUT2D eigenvalue weighted by Gasteiger charge is 2.33. The fraction of sp³-hybridized carbons (Fsp3) is 0.306. The van der Waals surface area contributed by atoms with Gasteiger partial charge in [0.1, 0.15) is 23.0 Å². The van der Waals surface area contributed by atoms with Crippen molar-refractivity contribution in [2.45, 2.75) is 32.8 Å². The van der Waals surface area contributed by atoms with E-state index in [-0.39, 0.29) is 17.4 Å². The number of hydrogen-bond acceptors (Lipinski definition) is 6. The number of rotatable bonds is 7. The highest BCUT2D eigenvalue weighted by Crippen LogP contribution is 2.44. The minimum Gasteiger partial charge on any atom is -0.494 e. The van der Waals surface area contributed by atoms with E-state index in [1.54, 1.807) is 29.3 Å². The molecule has 0 atom stereocenters. The molecule has 9 heteroatoms. The molecule has 1 aromatic heterocycles. The number of hydrogen-bond donors (Lipinski definition) is 0. The first kappa shape index (κ1) is 30.4. The molecule has 232 valence electrons. The van der Waals surface area contributed by atoms with Crippen molar-refractivity contribution in [3.05, 3.63) is 107 Å². The summed E-state index contributed by atoms with van der Waals surface area (Å²) in [7, 11) is 0. The molecule has 1 fully saturated rings. The Kier molecular flexibility index (Phi) is 8.38. The van der Waals surface area contributed by atoms with E-state index in [4.69, 9.17) is 9.47 Å². The van der Waals surface area contributed by atoms with Crippen molar-refractivity contribution in [2.24, 2.45) is 0 Å². The molecule has 0 radical (unpaired) electrons. The third-order valence-electron chi connectivity index (χ3n) is 7.92. The number of allylic oxidation sites excluding steroid dienone is 1. The lowest BCUT2D eigenvalue weighted by atomic mass is 9.94. The lowest BCUT2D eigenvalue weighted by Crippen LogP contribution is -2.50. The number of carbonyl (C=O) groups is 2. The van der Waals surface area contributed by atoms with Crippen LogP contribution in [0.5, 0.6) is 5.75 Å². The van der Waals surface area contributed by atoms with Crippen molar-refractivity contribution in [3.63, 3.8) is 0 Å². The maximum atomic E-state index is 14.4. The number of benzene rings is 3. The molecule has 0 N–H and O–H groups in total. The largest absolute Gasteiger partial charge is 0.494 e. The molecule has 45 heavy (non-hydrogen) atoms. The predicted molar refractivity (Wildman–Crippen MR) is 169 cm³/mol. The average molecular weight is 612 g/mol. The zero-order chi connectivity index (χ0) is 31.7. The second-order valence-electron chi connectivity index (χ2n) is 12.4. The van der Waals surface area contributed by atoms with Crippen LogP contribution in [-0.4, -0.2) is 71.6 Å². The van der Waals surface area contributed by atoms with Gasteiger partial charge in [-0.05, 0) is 80.8 Å². The van der Waals surface area contributed by atoms with Crippen molar-refractivity contribution in [2.75, 3.05) is 39.3 Å². The molecule has 3 aromatic carbocycles. The number of para-hydroxylation sites is 1. The number of pyridine rings is 1. The van der Waals surface area contributed by atoms with Crippen LogP contribution in [0, 0.1) is 11.6 Å². The molecule has 0 spiro atoms. The fourth-order valence-corrected chi connectivity index (χ4v) is 5.84. The number of ketones is 1. The number of nitrogens with zero attached hydrogens (tertiary/aromatic N) is 3. The molecular weight excluding hydrogens is 576 g/mol. The van der Waals surface area contributed by atoms with Gasteiger partial charge in [-0.1, -0.05) is 18.2 Å². The summed E-state index contributed by atoms with van der Waals surface area (Å²) in [6, 6.07) is 18.0. The first-order valence-electron chi connectivity index (χ1n) is 15.1. The van der Waals surface area contributed by atoms with Crippen molar-refractivity contribution < 1.29 is 27.8 Å². The zero-order valence-corrected chi connectivity index (χ0v) is 25.6. The Morgan fingerprint density at radius 1 is 0.867 bits per heavy atom. The molecule has 4 aromatic rings. The van der Waals surface area contributed by atoms with E-state index in [0.717, 1.165) is 43.0 Å². The van der Waals surface area contributed by atoms with Gasteiger partial charge in [0, 0.05) is 72.6 Å². The van der Waals surface area contributed by atoms with Gasteiger partial charge in [-0.25, -0.2) is 13.6 Å². The Balaban J connectivity index is 1.16. The highest BCUT2D eigenvalue weighted by atomic mass is 19.1. The molecule has 0 unspecified atom stereocenters. The second-order valence-corrected chi connectivity index (χ2v) is 12.4. The first-order valence-corrected chi connectivity index (χ1v) is 15.1. The third-order valence-corrected chi connectivity index (χ3v) is 7.92. The summed E-state index contributed by atoms with van der Waals surface area (Å²) in [6.45, 7) is 9.58. The van der Waals surface area contributed by atoms with Gasteiger partial charge in [-0.3, -0.25) is 14.7 Å². The summed E-state index contributed by atoms with van der Waals surface area (Å²) in [5, 5.41) is 0.853. The van der Waals surface area contributed by atoms with Gasteiger partial charge in [-0.15, -0.1) is 0 Å². The van der Waals surface area contributed by atoms with Gasteiger partial charge in [0.05, 0.1) is 12.1 Å². The topological polar surface area (TPSA) is 72.0 Å². The molecule has 1 aliphatic carbocycles. The van der Waals surface area contributed by atoms with Gasteiger partial charge in [0.2, 0.25) is 0 Å². The van der Waals surface area contributed by atoms with Crippen LogP contribution >= 0.6 is 0 Å². The Morgan fingerprint density at radius 3 is 2.33 bits per heavy atom. The second kappa shape index (κ2) is 12.4. The number of halogens is 2. The van der Waals surface area contributed by atoms with Crippen molar-refractivity contribution in [1.29, 1.82) is 0 Å². The minimum atomic E-state index is -0.722. The molecule has 1 amide bonds. The number of aromatic nitrogens is 1. The minimum absolute atomic E-state index is 0.255. The Bertz CT molecular complexity index is 1790. The van der Waals surface area contributed by atoms with E-state index in [2.05, 4.69) is 9.88 Å². The van der Waals surface area contributed by atoms with E-state index >= 15 is 0 Å². The molecule has 6 rings (SSSR count). The highest BCUT2D eigenvalue weighted by molar-refractivity contribution is 6.41. The summed E-state index contributed by atoms with van der Waals surface area (Å²) in [5.41, 5.74) is 2.92. The maximum Gasteiger partial charge on any atom is 0.410 e. The van der Waals surface area contributed by atoms with E-state index in [1.807, 2.05) is 51.1 Å². The summed E-state index contributed by atoms with van der Waals surface area (Å²) < 4.78 is 40.3. The van der Waals surface area contributed by atoms with Crippen LogP contribution in [0.4, 0.5) is 13.6 Å². The van der Waals surface area contributed by atoms with Crippen molar-refractivity contribution >= 4 is 33.9 Å². The number of carbonyl (C=O) groups excluding carboxylic acids is 2. The van der Waals surface area contributed by atoms with E-state index < -0.39 is 17.2 Å². The normalized spacial score (nSPS) is 15.5. The van der Waals surface area contributed by atoms with Gasteiger partial charge >= 0.3 is 6.09 Å². The summed E-state index contributed by atoms with van der Waals surface area (Å²) in [6.07, 6.45) is 2.11. The van der Waals surface area contributed by atoms with E-state index in [1.165, 1.54) is 12.1 Å². The quantitative estimate of drug-likeness (QED) is 0.210. The van der Waals surface area contributed by atoms with Crippen molar-refractivity contribution in [3.8, 4) is 5.75 Å². The smallest absolute Gasteiger partial charge is 0.410 e. The lowest BCUT2D eigenvalue weighted by Gasteiger charge is -2.35. The van der Waals surface area contributed by atoms with Crippen LogP contribution in [0.2, 0.25) is 0 Å². The number of Topliss-reactive ketones (excluding diaryl/α,β-unsaturated/α-hetero) is 1. The first-order chi connectivity index (χ1) is 21.6. The Labute approximate surface area is 261 Å². The van der Waals surface area contributed by atoms with Gasteiger partial charge in [-0.2, -0.15) is 0 Å². The maximum absolute atomic E-state index is 14.4. The molecule has 0 saturated carbocycles. The monoisotopic (exact) mass is 611 g/mol. The van der Waals surface area contributed by atoms with Crippen LogP contribution in [0.25, 0.3) is 22.0 Å². The molecule has 2 heterocycles. The number of piperazine rings is 1. The van der Waals surface area contributed by atoms with E-state index in [0.29, 0.717) is 53.3 Å². The van der Waals surface area contributed by atoms with Crippen molar-refractivity contribution in [1.82, 2.24) is 14.8 Å². The fourth-order valence-electron chi connectivity index (χ4n) is 5.84. The van der Waals surface area contributed by atoms with Crippen LogP contribution in [-0.2, 0) is 4.74 Å². The number of ether oxygens (including phenoxy) is 2. The molecular formula is C36H35F2N3O4. The molecule has 2 aliphatic rings. The van der Waals surface area contributed by atoms with Crippen LogP contribution < -0.4 is 4.74 Å². The number of fused-ring (bicyclic) bond motifs is 2. The van der Waals surface area contributed by atoms with E-state index in [9.17, 15) is 18.4 Å². The van der Waals surface area contributed by atoms with Crippen LogP contribution in [0.15, 0.2) is 72.9 Å². The molecule has 0 bridgehead atoms.